The minimum atomic E-state index is -0.222. The van der Waals surface area contributed by atoms with E-state index in [0.29, 0.717) is 17.0 Å². The molecular weight excluding hydrogens is 370 g/mol. The number of amides is 1. The summed E-state index contributed by atoms with van der Waals surface area (Å²) in [6, 6.07) is 7.42. The molecule has 0 spiro atoms. The van der Waals surface area contributed by atoms with Crippen LogP contribution in [0.5, 0.6) is 5.75 Å². The maximum atomic E-state index is 11.8. The number of carbonyl (C=O) groups excluding carboxylic acids is 1. The number of hydrogen-bond donors (Lipinski definition) is 2. The number of aryl methyl sites for hydroxylation is 1. The first-order chi connectivity index (χ1) is 13.9. The Labute approximate surface area is 167 Å². The molecule has 3 aromatic rings. The highest BCUT2D eigenvalue weighted by atomic mass is 16.5. The summed E-state index contributed by atoms with van der Waals surface area (Å²) in [5.74, 6) is 0.426. The molecule has 1 fully saturated rings. The standard InChI is InChI=1S/C21H23N5O3/c1-12-6-17-18(25-20(12)27)7-14(8-23-17)10-26-11-19(13(26)2)29-15-4-5-16(24-9-15)21(28)22-3/h4-9,13,19H,10-11H2,1-3H3,(H,22,28)(H,25,27)/t13-,19+/m1/s1. The van der Waals surface area contributed by atoms with Crippen LogP contribution in [-0.4, -0.2) is 51.5 Å². The van der Waals surface area contributed by atoms with E-state index in [-0.39, 0.29) is 23.6 Å². The molecule has 8 nitrogen and oxygen atoms in total. The van der Waals surface area contributed by atoms with Crippen LogP contribution in [0.15, 0.2) is 41.5 Å². The van der Waals surface area contributed by atoms with Gasteiger partial charge in [0.2, 0.25) is 0 Å². The fourth-order valence-corrected chi connectivity index (χ4v) is 3.42. The molecule has 1 aliphatic heterocycles. The van der Waals surface area contributed by atoms with Crippen LogP contribution in [0.4, 0.5) is 0 Å². The van der Waals surface area contributed by atoms with Gasteiger partial charge in [-0.1, -0.05) is 0 Å². The lowest BCUT2D eigenvalue weighted by Gasteiger charge is -2.45. The van der Waals surface area contributed by atoms with Gasteiger partial charge in [-0.3, -0.25) is 19.5 Å². The number of hydrogen-bond acceptors (Lipinski definition) is 6. The molecule has 0 bridgehead atoms. The first kappa shape index (κ1) is 19.1. The Kier molecular flexibility index (Phi) is 5.02. The number of aromatic nitrogens is 3. The van der Waals surface area contributed by atoms with Gasteiger partial charge in [0.25, 0.3) is 11.5 Å². The predicted molar refractivity (Wildman–Crippen MR) is 109 cm³/mol. The second-order valence-corrected chi connectivity index (χ2v) is 7.34. The van der Waals surface area contributed by atoms with Crippen molar-refractivity contribution in [2.24, 2.45) is 0 Å². The average Bonchev–Trinajstić information content (AvgIpc) is 2.73. The molecule has 2 N–H and O–H groups in total. The number of nitrogens with zero attached hydrogens (tertiary/aromatic N) is 3. The first-order valence-electron chi connectivity index (χ1n) is 9.52. The topological polar surface area (TPSA) is 100 Å². The maximum Gasteiger partial charge on any atom is 0.269 e. The van der Waals surface area contributed by atoms with Crippen molar-refractivity contribution in [3.8, 4) is 5.75 Å². The molecule has 4 heterocycles. The van der Waals surface area contributed by atoms with E-state index in [0.717, 1.165) is 29.7 Å². The number of rotatable bonds is 5. The minimum Gasteiger partial charge on any atom is -0.486 e. The van der Waals surface area contributed by atoms with Crippen LogP contribution < -0.4 is 15.6 Å². The summed E-state index contributed by atoms with van der Waals surface area (Å²) < 4.78 is 6.00. The van der Waals surface area contributed by atoms with Crippen molar-refractivity contribution < 1.29 is 9.53 Å². The van der Waals surface area contributed by atoms with E-state index in [9.17, 15) is 9.59 Å². The zero-order valence-corrected chi connectivity index (χ0v) is 16.6. The number of pyridine rings is 3. The number of aromatic amines is 1. The van der Waals surface area contributed by atoms with Gasteiger partial charge in [-0.2, -0.15) is 0 Å². The Morgan fingerprint density at radius 2 is 2.14 bits per heavy atom. The molecule has 3 aromatic heterocycles. The second-order valence-electron chi connectivity index (χ2n) is 7.34. The van der Waals surface area contributed by atoms with E-state index < -0.39 is 0 Å². The van der Waals surface area contributed by atoms with Gasteiger partial charge >= 0.3 is 0 Å². The molecule has 1 amide bonds. The number of nitrogens with one attached hydrogen (secondary N) is 2. The Morgan fingerprint density at radius 3 is 2.83 bits per heavy atom. The van der Waals surface area contributed by atoms with Gasteiger partial charge in [-0.25, -0.2) is 4.98 Å². The van der Waals surface area contributed by atoms with Crippen LogP contribution in [-0.2, 0) is 6.54 Å². The molecule has 0 aromatic carbocycles. The predicted octanol–water partition coefficient (Wildman–Crippen LogP) is 1.64. The van der Waals surface area contributed by atoms with Crippen LogP contribution in [0.3, 0.4) is 0 Å². The molecule has 0 aliphatic carbocycles. The van der Waals surface area contributed by atoms with Gasteiger partial charge in [0, 0.05) is 37.9 Å². The van der Waals surface area contributed by atoms with Gasteiger partial charge in [0.1, 0.15) is 17.5 Å². The summed E-state index contributed by atoms with van der Waals surface area (Å²) in [4.78, 5) is 37.2. The minimum absolute atomic E-state index is 0.0542. The highest BCUT2D eigenvalue weighted by molar-refractivity contribution is 5.91. The SMILES string of the molecule is CNC(=O)c1ccc(O[C@H]2CN(Cc3cnc4cc(C)c(=O)[nH]c4c3)[C@@H]2C)cn1. The van der Waals surface area contributed by atoms with Crippen LogP contribution in [0, 0.1) is 6.92 Å². The summed E-state index contributed by atoms with van der Waals surface area (Å²) in [7, 11) is 1.57. The van der Waals surface area contributed by atoms with Gasteiger partial charge in [-0.05, 0) is 43.7 Å². The lowest BCUT2D eigenvalue weighted by molar-refractivity contribution is -0.0415. The number of carbonyl (C=O) groups is 1. The summed E-state index contributed by atoms with van der Waals surface area (Å²) in [5, 5.41) is 2.54. The number of fused-ring (bicyclic) bond motifs is 1. The van der Waals surface area contributed by atoms with E-state index in [1.54, 1.807) is 38.4 Å². The third kappa shape index (κ3) is 3.84. The summed E-state index contributed by atoms with van der Waals surface area (Å²) in [6.45, 7) is 5.39. The molecule has 8 heteroatoms. The molecule has 29 heavy (non-hydrogen) atoms. The Balaban J connectivity index is 1.38. The van der Waals surface area contributed by atoms with Crippen molar-refractivity contribution in [2.75, 3.05) is 13.6 Å². The quantitative estimate of drug-likeness (QED) is 0.684. The molecule has 1 saturated heterocycles. The maximum absolute atomic E-state index is 11.8. The monoisotopic (exact) mass is 393 g/mol. The first-order valence-corrected chi connectivity index (χ1v) is 9.52. The third-order valence-corrected chi connectivity index (χ3v) is 5.33. The molecule has 2 atom stereocenters. The van der Waals surface area contributed by atoms with E-state index in [2.05, 4.69) is 32.1 Å². The molecule has 0 radical (unpaired) electrons. The van der Waals surface area contributed by atoms with Crippen LogP contribution in [0.2, 0.25) is 0 Å². The van der Waals surface area contributed by atoms with E-state index in [1.165, 1.54) is 0 Å². The molecule has 1 aliphatic rings. The lowest BCUT2D eigenvalue weighted by Crippen LogP contribution is -2.60. The molecule has 150 valence electrons. The highest BCUT2D eigenvalue weighted by Crippen LogP contribution is 2.26. The van der Waals surface area contributed by atoms with Crippen molar-refractivity contribution >= 4 is 16.9 Å². The van der Waals surface area contributed by atoms with E-state index in [4.69, 9.17) is 4.74 Å². The molecule has 0 unspecified atom stereocenters. The molecule has 0 saturated carbocycles. The Morgan fingerprint density at radius 1 is 1.31 bits per heavy atom. The number of H-pyrrole nitrogens is 1. The zero-order chi connectivity index (χ0) is 20.5. The fraction of sp³-hybridized carbons (Fsp3) is 0.333. The Bertz CT molecular complexity index is 1110. The largest absolute Gasteiger partial charge is 0.486 e. The van der Waals surface area contributed by atoms with Gasteiger partial charge in [0.15, 0.2) is 0 Å². The normalized spacial score (nSPS) is 19.0. The fourth-order valence-electron chi connectivity index (χ4n) is 3.42. The van der Waals surface area contributed by atoms with Crippen molar-refractivity contribution in [3.63, 3.8) is 0 Å². The zero-order valence-electron chi connectivity index (χ0n) is 16.6. The smallest absolute Gasteiger partial charge is 0.269 e. The van der Waals surface area contributed by atoms with E-state index >= 15 is 0 Å². The Hall–Kier alpha value is -3.26. The lowest BCUT2D eigenvalue weighted by atomic mass is 10.00. The number of ether oxygens (including phenoxy) is 1. The average molecular weight is 393 g/mol. The third-order valence-electron chi connectivity index (χ3n) is 5.33. The van der Waals surface area contributed by atoms with Gasteiger partial charge in [-0.15, -0.1) is 0 Å². The van der Waals surface area contributed by atoms with Crippen molar-refractivity contribution in [2.45, 2.75) is 32.5 Å². The summed E-state index contributed by atoms with van der Waals surface area (Å²) >= 11 is 0. The van der Waals surface area contributed by atoms with Gasteiger partial charge in [0.05, 0.1) is 17.2 Å². The highest BCUT2D eigenvalue weighted by Gasteiger charge is 2.37. The van der Waals surface area contributed by atoms with E-state index in [1.807, 2.05) is 12.3 Å². The van der Waals surface area contributed by atoms with Crippen molar-refractivity contribution in [1.82, 2.24) is 25.2 Å². The van der Waals surface area contributed by atoms with Crippen LogP contribution in [0.1, 0.15) is 28.5 Å². The summed E-state index contributed by atoms with van der Waals surface area (Å²) in [5.41, 5.74) is 3.52. The van der Waals surface area contributed by atoms with Crippen molar-refractivity contribution in [1.29, 1.82) is 0 Å². The van der Waals surface area contributed by atoms with Crippen molar-refractivity contribution in [3.05, 3.63) is 63.8 Å². The second kappa shape index (κ2) is 7.63. The summed E-state index contributed by atoms with van der Waals surface area (Å²) in [6.07, 6.45) is 3.48. The number of likely N-dealkylation sites (tertiary alicyclic amines) is 1. The molecule has 4 rings (SSSR count). The van der Waals surface area contributed by atoms with Crippen LogP contribution >= 0.6 is 0 Å². The molecular formula is C21H23N5O3. The van der Waals surface area contributed by atoms with Gasteiger partial charge < -0.3 is 15.0 Å². The van der Waals surface area contributed by atoms with Crippen LogP contribution in [0.25, 0.3) is 11.0 Å².